The van der Waals surface area contributed by atoms with E-state index in [4.69, 9.17) is 0 Å². The van der Waals surface area contributed by atoms with E-state index in [0.29, 0.717) is 6.04 Å². The van der Waals surface area contributed by atoms with Crippen LogP contribution >= 0.6 is 11.3 Å². The molecule has 4 rings (SSSR count). The molecule has 4 nitrogen and oxygen atoms in total. The number of thiophene rings is 1. The molecule has 24 heavy (non-hydrogen) atoms. The predicted molar refractivity (Wildman–Crippen MR) is 100 cm³/mol. The van der Waals surface area contributed by atoms with Crippen LogP contribution in [0.4, 0.5) is 0 Å². The van der Waals surface area contributed by atoms with Gasteiger partial charge in [0.2, 0.25) is 0 Å². The Labute approximate surface area is 147 Å². The van der Waals surface area contributed by atoms with Gasteiger partial charge in [-0.3, -0.25) is 9.36 Å². The first kappa shape index (κ1) is 16.3. The fourth-order valence-electron chi connectivity index (χ4n) is 4.27. The summed E-state index contributed by atoms with van der Waals surface area (Å²) in [5.74, 6) is 0. The minimum absolute atomic E-state index is 0.183. The molecule has 1 atom stereocenters. The van der Waals surface area contributed by atoms with Crippen molar-refractivity contribution in [1.29, 1.82) is 0 Å². The molecule has 1 fully saturated rings. The van der Waals surface area contributed by atoms with Gasteiger partial charge in [-0.25, -0.2) is 4.98 Å². The molecule has 1 saturated heterocycles. The molecule has 2 aromatic heterocycles. The van der Waals surface area contributed by atoms with Crippen LogP contribution in [0.5, 0.6) is 0 Å². The highest BCUT2D eigenvalue weighted by atomic mass is 32.1. The normalized spacial score (nSPS) is 22.0. The van der Waals surface area contributed by atoms with E-state index >= 15 is 0 Å². The van der Waals surface area contributed by atoms with Crippen LogP contribution in [-0.2, 0) is 19.4 Å². The number of aromatic nitrogens is 2. The highest BCUT2D eigenvalue weighted by molar-refractivity contribution is 7.18. The van der Waals surface area contributed by atoms with E-state index in [1.54, 1.807) is 17.7 Å². The second-order valence-electron chi connectivity index (χ2n) is 7.27. The van der Waals surface area contributed by atoms with Crippen molar-refractivity contribution in [3.8, 4) is 0 Å². The molecule has 0 bridgehead atoms. The number of aryl methyl sites for hydroxylation is 2. The summed E-state index contributed by atoms with van der Waals surface area (Å²) in [7, 11) is 0. The SMILES string of the molecule is CCCCn1cnc2sc3c(c2c1=O)CCC(N1CCCCC1)C3. The third-order valence-corrected chi connectivity index (χ3v) is 6.83. The van der Waals surface area contributed by atoms with E-state index in [9.17, 15) is 4.79 Å². The molecule has 3 heterocycles. The average molecular weight is 346 g/mol. The minimum Gasteiger partial charge on any atom is -0.300 e. The van der Waals surface area contributed by atoms with Crippen LogP contribution in [0.15, 0.2) is 11.1 Å². The van der Waals surface area contributed by atoms with E-state index in [2.05, 4.69) is 16.8 Å². The third-order valence-electron chi connectivity index (χ3n) is 5.67. The predicted octanol–water partition coefficient (Wildman–Crippen LogP) is 3.60. The molecule has 1 aliphatic carbocycles. The van der Waals surface area contributed by atoms with Gasteiger partial charge >= 0.3 is 0 Å². The highest BCUT2D eigenvalue weighted by Crippen LogP contribution is 2.35. The van der Waals surface area contributed by atoms with Gasteiger partial charge in [0.1, 0.15) is 4.83 Å². The fraction of sp³-hybridized carbons (Fsp3) is 0.684. The van der Waals surface area contributed by atoms with Gasteiger partial charge in [0.05, 0.1) is 11.7 Å². The minimum atomic E-state index is 0.183. The fourth-order valence-corrected chi connectivity index (χ4v) is 5.52. The summed E-state index contributed by atoms with van der Waals surface area (Å²) >= 11 is 1.76. The lowest BCUT2D eigenvalue weighted by atomic mass is 9.91. The summed E-state index contributed by atoms with van der Waals surface area (Å²) in [5, 5.41) is 0.922. The van der Waals surface area contributed by atoms with Crippen molar-refractivity contribution in [2.75, 3.05) is 13.1 Å². The molecule has 0 radical (unpaired) electrons. The van der Waals surface area contributed by atoms with Gasteiger partial charge in [-0.2, -0.15) is 0 Å². The lowest BCUT2D eigenvalue weighted by Crippen LogP contribution is -2.42. The van der Waals surface area contributed by atoms with Crippen LogP contribution in [0, 0.1) is 0 Å². The second kappa shape index (κ2) is 6.96. The highest BCUT2D eigenvalue weighted by Gasteiger charge is 2.29. The zero-order valence-corrected chi connectivity index (χ0v) is 15.4. The summed E-state index contributed by atoms with van der Waals surface area (Å²) < 4.78 is 1.82. The number of fused-ring (bicyclic) bond motifs is 3. The Morgan fingerprint density at radius 2 is 2.12 bits per heavy atom. The lowest BCUT2D eigenvalue weighted by molar-refractivity contribution is 0.151. The summed E-state index contributed by atoms with van der Waals surface area (Å²) in [6.07, 6.45) is 11.3. The molecule has 0 spiro atoms. The van der Waals surface area contributed by atoms with Crippen molar-refractivity contribution in [2.45, 2.75) is 70.9 Å². The number of likely N-dealkylation sites (tertiary alicyclic amines) is 1. The Morgan fingerprint density at radius 1 is 1.29 bits per heavy atom. The summed E-state index contributed by atoms with van der Waals surface area (Å²) in [4.78, 5) is 22.5. The summed E-state index contributed by atoms with van der Waals surface area (Å²) in [5.41, 5.74) is 1.49. The largest absolute Gasteiger partial charge is 0.300 e. The second-order valence-corrected chi connectivity index (χ2v) is 8.36. The molecule has 5 heteroatoms. The Bertz CT molecular complexity index is 773. The Morgan fingerprint density at radius 3 is 2.92 bits per heavy atom. The van der Waals surface area contributed by atoms with Gasteiger partial charge in [0.25, 0.3) is 5.56 Å². The summed E-state index contributed by atoms with van der Waals surface area (Å²) in [6.45, 7) is 5.46. The van der Waals surface area contributed by atoms with Crippen LogP contribution < -0.4 is 5.56 Å². The zero-order valence-electron chi connectivity index (χ0n) is 14.6. The molecular formula is C19H27N3OS. The van der Waals surface area contributed by atoms with E-state index in [1.165, 1.54) is 49.2 Å². The van der Waals surface area contributed by atoms with Crippen molar-refractivity contribution in [3.05, 3.63) is 27.1 Å². The molecule has 2 aromatic rings. The molecule has 2 aliphatic rings. The monoisotopic (exact) mass is 345 g/mol. The Kier molecular flexibility index (Phi) is 4.72. The van der Waals surface area contributed by atoms with Gasteiger partial charge in [0, 0.05) is 17.5 Å². The van der Waals surface area contributed by atoms with Gasteiger partial charge in [-0.05, 0) is 57.2 Å². The number of rotatable bonds is 4. The van der Waals surface area contributed by atoms with Crippen molar-refractivity contribution in [1.82, 2.24) is 14.5 Å². The zero-order chi connectivity index (χ0) is 16.5. The number of unbranched alkanes of at least 4 members (excludes halogenated alkanes) is 1. The van der Waals surface area contributed by atoms with Crippen molar-refractivity contribution in [3.63, 3.8) is 0 Å². The van der Waals surface area contributed by atoms with Crippen molar-refractivity contribution >= 4 is 21.6 Å². The van der Waals surface area contributed by atoms with E-state index in [1.807, 2.05) is 4.57 Å². The number of piperidine rings is 1. The first-order chi connectivity index (χ1) is 11.8. The van der Waals surface area contributed by atoms with E-state index in [-0.39, 0.29) is 5.56 Å². The molecule has 0 N–H and O–H groups in total. The van der Waals surface area contributed by atoms with Gasteiger partial charge in [-0.1, -0.05) is 19.8 Å². The first-order valence-electron chi connectivity index (χ1n) is 9.51. The van der Waals surface area contributed by atoms with E-state index in [0.717, 1.165) is 42.4 Å². The molecule has 130 valence electrons. The first-order valence-corrected chi connectivity index (χ1v) is 10.3. The van der Waals surface area contributed by atoms with Crippen LogP contribution in [-0.4, -0.2) is 33.6 Å². The standard InChI is InChI=1S/C19H27N3OS/c1-2-3-9-22-13-20-18-17(19(22)23)15-8-7-14(12-16(15)24-18)21-10-5-4-6-11-21/h13-14H,2-12H2,1H3. The Hall–Kier alpha value is -1.20. The van der Waals surface area contributed by atoms with Gasteiger partial charge in [0.15, 0.2) is 0 Å². The maximum atomic E-state index is 12.9. The van der Waals surface area contributed by atoms with Crippen LogP contribution in [0.2, 0.25) is 0 Å². The maximum Gasteiger partial charge on any atom is 0.262 e. The van der Waals surface area contributed by atoms with Gasteiger partial charge < -0.3 is 4.90 Å². The average Bonchev–Trinajstić information content (AvgIpc) is 3.00. The van der Waals surface area contributed by atoms with Crippen LogP contribution in [0.1, 0.15) is 55.9 Å². The van der Waals surface area contributed by atoms with Crippen LogP contribution in [0.25, 0.3) is 10.2 Å². The molecule has 1 unspecified atom stereocenters. The Balaban J connectivity index is 1.64. The van der Waals surface area contributed by atoms with E-state index < -0.39 is 0 Å². The van der Waals surface area contributed by atoms with Crippen LogP contribution in [0.3, 0.4) is 0 Å². The summed E-state index contributed by atoms with van der Waals surface area (Å²) in [6, 6.07) is 0.674. The molecule has 1 aliphatic heterocycles. The molecule has 0 amide bonds. The lowest BCUT2D eigenvalue weighted by Gasteiger charge is -2.36. The molecular weight excluding hydrogens is 318 g/mol. The third kappa shape index (κ3) is 2.93. The van der Waals surface area contributed by atoms with Crippen molar-refractivity contribution < 1.29 is 0 Å². The number of hydrogen-bond donors (Lipinski definition) is 0. The quantitative estimate of drug-likeness (QED) is 0.850. The molecule has 0 saturated carbocycles. The number of nitrogens with zero attached hydrogens (tertiary/aromatic N) is 3. The van der Waals surface area contributed by atoms with Crippen molar-refractivity contribution in [2.24, 2.45) is 0 Å². The number of hydrogen-bond acceptors (Lipinski definition) is 4. The topological polar surface area (TPSA) is 38.1 Å². The van der Waals surface area contributed by atoms with Gasteiger partial charge in [-0.15, -0.1) is 11.3 Å². The molecule has 0 aromatic carbocycles. The maximum absolute atomic E-state index is 12.9. The smallest absolute Gasteiger partial charge is 0.262 e.